The molecule has 2 rings (SSSR count). The molecule has 0 saturated carbocycles. The number of aliphatic hydroxyl groups excluding tert-OH is 1. The minimum Gasteiger partial charge on any atom is -0.377 e. The van der Waals surface area contributed by atoms with Crippen LogP contribution in [0.1, 0.15) is 0 Å². The number of hydrogen-bond donors (Lipinski definition) is 2. The lowest BCUT2D eigenvalue weighted by Gasteiger charge is -2.25. The topological polar surface area (TPSA) is 58.9 Å². The summed E-state index contributed by atoms with van der Waals surface area (Å²) in [7, 11) is 0. The second-order valence-electron chi connectivity index (χ2n) is 2.76. The van der Waals surface area contributed by atoms with E-state index < -0.39 is 11.0 Å². The molecule has 2 heterocycles. The van der Waals surface area contributed by atoms with Crippen LogP contribution in [0.4, 0.5) is 0 Å². The number of hydrogen-bond acceptors (Lipinski definition) is 5. The largest absolute Gasteiger partial charge is 0.377 e. The third kappa shape index (κ3) is 0.996. The van der Waals surface area contributed by atoms with E-state index in [-0.39, 0.29) is 6.10 Å². The molecule has 2 unspecified atom stereocenters. The Bertz CT molecular complexity index is 151. The smallest absolute Gasteiger partial charge is 0.171 e. The molecule has 0 spiro atoms. The van der Waals surface area contributed by atoms with Gasteiger partial charge in [0, 0.05) is 0 Å². The van der Waals surface area contributed by atoms with Gasteiger partial charge < -0.3 is 19.7 Å². The zero-order chi connectivity index (χ0) is 7.90. The summed E-state index contributed by atoms with van der Waals surface area (Å²) in [6.45, 7) is 0.852. The molecule has 11 heavy (non-hydrogen) atoms. The van der Waals surface area contributed by atoms with Gasteiger partial charge in [-0.05, 0) is 0 Å². The molecule has 2 aliphatic rings. The van der Waals surface area contributed by atoms with Crippen molar-refractivity contribution in [2.75, 3.05) is 19.2 Å². The van der Waals surface area contributed by atoms with Crippen LogP contribution < -0.4 is 0 Å². The van der Waals surface area contributed by atoms with Crippen molar-refractivity contribution < 1.29 is 19.7 Å². The van der Waals surface area contributed by atoms with Crippen LogP contribution in [0.15, 0.2) is 0 Å². The summed E-state index contributed by atoms with van der Waals surface area (Å²) < 4.78 is 9.76. The minimum atomic E-state index is -1.34. The number of aliphatic hydroxyl groups is 2. The molecule has 2 N–H and O–H groups in total. The molecule has 0 aromatic rings. The maximum atomic E-state index is 9.09. The Hall–Kier alpha value is 0.190. The molecule has 2 fully saturated rings. The van der Waals surface area contributed by atoms with Crippen LogP contribution in [0.5, 0.6) is 0 Å². The predicted molar refractivity (Wildman–Crippen MR) is 39.1 cm³/mol. The van der Waals surface area contributed by atoms with E-state index in [2.05, 4.69) is 0 Å². The van der Waals surface area contributed by atoms with Crippen molar-refractivity contribution in [1.29, 1.82) is 0 Å². The molecule has 0 aromatic heterocycles. The van der Waals surface area contributed by atoms with Crippen molar-refractivity contribution in [1.82, 2.24) is 0 Å². The highest BCUT2D eigenvalue weighted by atomic mass is 32.2. The summed E-state index contributed by atoms with van der Waals surface area (Å²) >= 11 is 1.42. The molecule has 0 bridgehead atoms. The van der Waals surface area contributed by atoms with Crippen molar-refractivity contribution in [3.8, 4) is 0 Å². The van der Waals surface area contributed by atoms with Gasteiger partial charge in [0.2, 0.25) is 0 Å². The van der Waals surface area contributed by atoms with E-state index in [0.29, 0.717) is 19.2 Å². The van der Waals surface area contributed by atoms with Gasteiger partial charge in [0.25, 0.3) is 0 Å². The molecule has 5 heteroatoms. The number of fused-ring (bicyclic) bond motifs is 1. The molecule has 0 aliphatic carbocycles. The summed E-state index contributed by atoms with van der Waals surface area (Å²) in [6.07, 6.45) is -1.49. The summed E-state index contributed by atoms with van der Waals surface area (Å²) in [4.78, 5) is 0. The van der Waals surface area contributed by atoms with E-state index in [1.807, 2.05) is 0 Å². The monoisotopic (exact) mass is 178 g/mol. The normalized spacial score (nSPS) is 43.4. The molecule has 4 nitrogen and oxygen atoms in total. The Morgan fingerprint density at radius 3 is 3.00 bits per heavy atom. The lowest BCUT2D eigenvalue weighted by molar-refractivity contribution is -0.0878. The van der Waals surface area contributed by atoms with Crippen molar-refractivity contribution in [2.24, 2.45) is 0 Å². The van der Waals surface area contributed by atoms with Gasteiger partial charge in [-0.2, -0.15) is 0 Å². The van der Waals surface area contributed by atoms with Crippen LogP contribution in [0, 0.1) is 0 Å². The molecule has 0 radical (unpaired) electrons. The molecule has 2 saturated heterocycles. The van der Waals surface area contributed by atoms with Gasteiger partial charge in [0.1, 0.15) is 10.9 Å². The lowest BCUT2D eigenvalue weighted by Crippen LogP contribution is -2.46. The molecule has 0 amide bonds. The fourth-order valence-corrected chi connectivity index (χ4v) is 2.51. The van der Waals surface area contributed by atoms with E-state index >= 15 is 0 Å². The maximum Gasteiger partial charge on any atom is 0.171 e. The van der Waals surface area contributed by atoms with Crippen molar-refractivity contribution in [2.45, 2.75) is 17.1 Å². The maximum absolute atomic E-state index is 9.09. The lowest BCUT2D eigenvalue weighted by atomic mass is 10.1. The number of thioether (sulfide) groups is 1. The van der Waals surface area contributed by atoms with Crippen molar-refractivity contribution in [3.05, 3.63) is 0 Å². The van der Waals surface area contributed by atoms with Gasteiger partial charge in [0.15, 0.2) is 6.29 Å². The number of ether oxygens (including phenoxy) is 2. The Balaban J connectivity index is 2.20. The third-order valence-corrected chi connectivity index (χ3v) is 3.56. The fraction of sp³-hybridized carbons (Fsp3) is 1.00. The van der Waals surface area contributed by atoms with E-state index in [9.17, 15) is 0 Å². The molecular weight excluding hydrogens is 168 g/mol. The fourth-order valence-electron chi connectivity index (χ4n) is 1.42. The van der Waals surface area contributed by atoms with Crippen LogP contribution in [0.3, 0.4) is 0 Å². The Morgan fingerprint density at radius 1 is 1.55 bits per heavy atom. The van der Waals surface area contributed by atoms with Gasteiger partial charge >= 0.3 is 0 Å². The van der Waals surface area contributed by atoms with E-state index in [0.717, 1.165) is 0 Å². The van der Waals surface area contributed by atoms with Crippen LogP contribution in [0.2, 0.25) is 0 Å². The van der Waals surface area contributed by atoms with Crippen LogP contribution in [-0.4, -0.2) is 46.5 Å². The zero-order valence-electron chi connectivity index (χ0n) is 5.90. The highest BCUT2D eigenvalue weighted by Gasteiger charge is 2.54. The SMILES string of the molecule is OC(O)C12COCC1OCS2. The standard InChI is InChI=1S/C6H10O4S/c7-5(8)6-2-9-1-4(6)10-3-11-6/h4-5,7-8H,1-3H2. The molecule has 0 aromatic carbocycles. The first kappa shape index (κ1) is 7.82. The summed E-state index contributed by atoms with van der Waals surface area (Å²) in [5.41, 5.74) is 0. The van der Waals surface area contributed by atoms with Crippen LogP contribution >= 0.6 is 11.8 Å². The summed E-state index contributed by atoms with van der Waals surface area (Å²) in [6, 6.07) is 0. The van der Waals surface area contributed by atoms with Crippen molar-refractivity contribution in [3.63, 3.8) is 0 Å². The Morgan fingerprint density at radius 2 is 2.36 bits per heavy atom. The third-order valence-electron chi connectivity index (χ3n) is 2.18. The number of rotatable bonds is 1. The van der Waals surface area contributed by atoms with Gasteiger partial charge in [0.05, 0.1) is 19.2 Å². The zero-order valence-corrected chi connectivity index (χ0v) is 6.71. The highest BCUT2D eigenvalue weighted by Crippen LogP contribution is 2.43. The minimum absolute atomic E-state index is 0.146. The Kier molecular flexibility index (Phi) is 1.85. The first-order chi connectivity index (χ1) is 5.26. The second-order valence-corrected chi connectivity index (χ2v) is 4.05. The first-order valence-corrected chi connectivity index (χ1v) is 4.44. The molecule has 2 atom stereocenters. The average molecular weight is 178 g/mol. The first-order valence-electron chi connectivity index (χ1n) is 3.45. The summed E-state index contributed by atoms with van der Waals surface area (Å²) in [5.74, 6) is 0.533. The second kappa shape index (κ2) is 2.60. The van der Waals surface area contributed by atoms with Gasteiger partial charge in [-0.15, -0.1) is 11.8 Å². The van der Waals surface area contributed by atoms with Crippen LogP contribution in [0.25, 0.3) is 0 Å². The van der Waals surface area contributed by atoms with E-state index in [1.54, 1.807) is 0 Å². The van der Waals surface area contributed by atoms with Crippen LogP contribution in [-0.2, 0) is 9.47 Å². The quantitative estimate of drug-likeness (QED) is 0.512. The molecule has 2 aliphatic heterocycles. The van der Waals surface area contributed by atoms with E-state index in [1.165, 1.54) is 11.8 Å². The van der Waals surface area contributed by atoms with E-state index in [4.69, 9.17) is 19.7 Å². The predicted octanol–water partition coefficient (Wildman–Crippen LogP) is -0.844. The van der Waals surface area contributed by atoms with Gasteiger partial charge in [-0.25, -0.2) is 0 Å². The average Bonchev–Trinajstić information content (AvgIpc) is 2.40. The van der Waals surface area contributed by atoms with Gasteiger partial charge in [-0.3, -0.25) is 0 Å². The van der Waals surface area contributed by atoms with Crippen molar-refractivity contribution >= 4 is 11.8 Å². The van der Waals surface area contributed by atoms with Gasteiger partial charge in [-0.1, -0.05) is 0 Å². The molecule has 64 valence electrons. The Labute approximate surface area is 68.5 Å². The molecular formula is C6H10O4S. The summed E-state index contributed by atoms with van der Waals surface area (Å²) in [5, 5.41) is 18.2. The highest BCUT2D eigenvalue weighted by molar-refractivity contribution is 8.00.